The largest absolute Gasteiger partial charge is 0.480 e. The highest BCUT2D eigenvalue weighted by atomic mass is 16.4. The van der Waals surface area contributed by atoms with E-state index in [9.17, 15) is 14.4 Å². The molecule has 0 fully saturated rings. The Bertz CT molecular complexity index is 486. The zero-order valence-corrected chi connectivity index (χ0v) is 9.72. The molecule has 0 spiro atoms. The maximum absolute atomic E-state index is 11.9. The number of hydrogen-bond donors (Lipinski definition) is 2. The van der Waals surface area contributed by atoms with Gasteiger partial charge in [-0.1, -0.05) is 0 Å². The van der Waals surface area contributed by atoms with Crippen LogP contribution in [0.5, 0.6) is 0 Å². The Morgan fingerprint density at radius 2 is 2.06 bits per heavy atom. The summed E-state index contributed by atoms with van der Waals surface area (Å²) >= 11 is 0. The fourth-order valence-corrected chi connectivity index (χ4v) is 1.03. The molecule has 7 heteroatoms. The lowest BCUT2D eigenvalue weighted by atomic mass is 10.0. The summed E-state index contributed by atoms with van der Waals surface area (Å²) in [7, 11) is 1.36. The van der Waals surface area contributed by atoms with Crippen molar-refractivity contribution < 1.29 is 14.7 Å². The summed E-state index contributed by atoms with van der Waals surface area (Å²) in [4.78, 5) is 40.6. The lowest BCUT2D eigenvalue weighted by Gasteiger charge is -2.31. The third-order valence-electron chi connectivity index (χ3n) is 2.56. The molecule has 0 saturated heterocycles. The Kier molecular flexibility index (Phi) is 3.31. The molecule has 0 aliphatic carbocycles. The van der Waals surface area contributed by atoms with E-state index in [1.165, 1.54) is 20.9 Å². The highest BCUT2D eigenvalue weighted by Gasteiger charge is 2.36. The Morgan fingerprint density at radius 1 is 1.47 bits per heavy atom. The first kappa shape index (κ1) is 12.9. The molecule has 1 heterocycles. The fraction of sp³-hybridized carbons (Fsp3) is 0.400. The molecule has 0 radical (unpaired) electrons. The number of H-pyrrole nitrogens is 1. The van der Waals surface area contributed by atoms with Crippen LogP contribution in [0.4, 0.5) is 0 Å². The summed E-state index contributed by atoms with van der Waals surface area (Å²) < 4.78 is 0. The molecule has 1 aromatic heterocycles. The number of carbonyl (C=O) groups is 2. The van der Waals surface area contributed by atoms with Gasteiger partial charge < -0.3 is 15.0 Å². The Labute approximate surface area is 97.1 Å². The number of nitrogens with one attached hydrogen (secondary N) is 1. The molecule has 92 valence electrons. The minimum atomic E-state index is -1.35. The van der Waals surface area contributed by atoms with Crippen LogP contribution >= 0.6 is 0 Å². The monoisotopic (exact) mass is 239 g/mol. The van der Waals surface area contributed by atoms with E-state index in [4.69, 9.17) is 5.11 Å². The lowest BCUT2D eigenvalue weighted by Crippen LogP contribution is -2.51. The maximum atomic E-state index is 11.9. The number of aromatic amines is 1. The van der Waals surface area contributed by atoms with Gasteiger partial charge in [-0.25, -0.2) is 9.78 Å². The zero-order valence-electron chi connectivity index (χ0n) is 9.72. The molecule has 0 atom stereocenters. The molecule has 1 amide bonds. The smallest absolute Gasteiger partial charge is 0.329 e. The van der Waals surface area contributed by atoms with Crippen molar-refractivity contribution in [3.8, 4) is 0 Å². The van der Waals surface area contributed by atoms with Gasteiger partial charge in [-0.15, -0.1) is 0 Å². The third kappa shape index (κ3) is 2.49. The van der Waals surface area contributed by atoms with Gasteiger partial charge in [0.2, 0.25) is 0 Å². The molecule has 0 aliphatic rings. The molecule has 1 rings (SSSR count). The Hall–Kier alpha value is -2.18. The van der Waals surface area contributed by atoms with Crippen molar-refractivity contribution in [1.29, 1.82) is 0 Å². The number of aliphatic carboxylic acids is 1. The second kappa shape index (κ2) is 4.36. The van der Waals surface area contributed by atoms with Crippen LogP contribution in [0.15, 0.2) is 17.2 Å². The first-order valence-corrected chi connectivity index (χ1v) is 4.83. The summed E-state index contributed by atoms with van der Waals surface area (Å²) in [5.41, 5.74) is -1.79. The van der Waals surface area contributed by atoms with Gasteiger partial charge in [0.15, 0.2) is 0 Å². The first-order valence-electron chi connectivity index (χ1n) is 4.83. The SMILES string of the molecule is CN(C(=O)c1c[nH]c(=O)cn1)C(C)(C)C(=O)O. The predicted octanol–water partition coefficient (Wildman–Crippen LogP) is -0.295. The average Bonchev–Trinajstić information content (AvgIpc) is 2.27. The maximum Gasteiger partial charge on any atom is 0.329 e. The van der Waals surface area contributed by atoms with Crippen LogP contribution in [0.3, 0.4) is 0 Å². The molecule has 1 aromatic rings. The van der Waals surface area contributed by atoms with Crippen molar-refractivity contribution in [3.05, 3.63) is 28.4 Å². The van der Waals surface area contributed by atoms with Crippen LogP contribution in [-0.4, -0.2) is 44.4 Å². The number of carbonyl (C=O) groups excluding carboxylic acids is 1. The molecule has 0 unspecified atom stereocenters. The molecule has 2 N–H and O–H groups in total. The number of rotatable bonds is 3. The molecular weight excluding hydrogens is 226 g/mol. The van der Waals surface area contributed by atoms with Crippen LogP contribution in [0.25, 0.3) is 0 Å². The van der Waals surface area contributed by atoms with Gasteiger partial charge in [0.25, 0.3) is 11.5 Å². The highest BCUT2D eigenvalue weighted by molar-refractivity contribution is 5.95. The van der Waals surface area contributed by atoms with Crippen LogP contribution in [0.2, 0.25) is 0 Å². The van der Waals surface area contributed by atoms with Crippen molar-refractivity contribution in [1.82, 2.24) is 14.9 Å². The van der Waals surface area contributed by atoms with Gasteiger partial charge >= 0.3 is 5.97 Å². The van der Waals surface area contributed by atoms with Crippen molar-refractivity contribution in [3.63, 3.8) is 0 Å². The van der Waals surface area contributed by atoms with Gasteiger partial charge in [0.1, 0.15) is 11.2 Å². The first-order chi connectivity index (χ1) is 7.76. The van der Waals surface area contributed by atoms with Crippen LogP contribution in [-0.2, 0) is 4.79 Å². The van der Waals surface area contributed by atoms with Gasteiger partial charge in [0.05, 0.1) is 6.20 Å². The Balaban J connectivity index is 3.02. The van der Waals surface area contributed by atoms with Crippen LogP contribution in [0.1, 0.15) is 24.3 Å². The summed E-state index contributed by atoms with van der Waals surface area (Å²) in [6, 6.07) is 0. The zero-order chi connectivity index (χ0) is 13.2. The minimum Gasteiger partial charge on any atom is -0.480 e. The van der Waals surface area contributed by atoms with E-state index in [-0.39, 0.29) is 5.69 Å². The van der Waals surface area contributed by atoms with Gasteiger partial charge in [-0.05, 0) is 13.8 Å². The summed E-state index contributed by atoms with van der Waals surface area (Å²) in [6.45, 7) is 2.80. The normalized spacial score (nSPS) is 11.0. The van der Waals surface area contributed by atoms with Crippen molar-refractivity contribution >= 4 is 11.9 Å². The number of carboxylic acid groups (broad SMARTS) is 1. The summed E-state index contributed by atoms with van der Waals surface area (Å²) in [5, 5.41) is 8.98. The van der Waals surface area contributed by atoms with E-state index in [1.807, 2.05) is 0 Å². The number of nitrogens with zero attached hydrogens (tertiary/aromatic N) is 2. The molecule has 0 saturated carbocycles. The molecule has 0 bridgehead atoms. The molecule has 7 nitrogen and oxygen atoms in total. The topological polar surface area (TPSA) is 103 Å². The van der Waals surface area contributed by atoms with Crippen LogP contribution in [0, 0.1) is 0 Å². The van der Waals surface area contributed by atoms with Crippen molar-refractivity contribution in [2.24, 2.45) is 0 Å². The molecule has 17 heavy (non-hydrogen) atoms. The van der Waals surface area contributed by atoms with Gasteiger partial charge in [-0.2, -0.15) is 0 Å². The fourth-order valence-electron chi connectivity index (χ4n) is 1.03. The quantitative estimate of drug-likeness (QED) is 0.754. The van der Waals surface area contributed by atoms with Crippen LogP contribution < -0.4 is 5.56 Å². The number of likely N-dealkylation sites (N-methyl/N-ethyl adjacent to an activating group) is 1. The third-order valence-corrected chi connectivity index (χ3v) is 2.56. The van der Waals surface area contributed by atoms with Crippen molar-refractivity contribution in [2.75, 3.05) is 7.05 Å². The standard InChI is InChI=1S/C10H13N3O4/c1-10(2,9(16)17)13(3)8(15)6-4-12-7(14)5-11-6/h4-5H,1-3H3,(H,12,14)(H,16,17). The summed E-state index contributed by atoms with van der Waals surface area (Å²) in [6.07, 6.45) is 2.12. The molecular formula is C10H13N3O4. The van der Waals surface area contributed by atoms with E-state index < -0.39 is 23.0 Å². The van der Waals surface area contributed by atoms with Gasteiger partial charge in [0, 0.05) is 13.2 Å². The predicted molar refractivity (Wildman–Crippen MR) is 58.7 cm³/mol. The minimum absolute atomic E-state index is 0.0126. The second-order valence-electron chi connectivity index (χ2n) is 4.02. The van der Waals surface area contributed by atoms with E-state index in [0.29, 0.717) is 0 Å². The average molecular weight is 239 g/mol. The van der Waals surface area contributed by atoms with E-state index in [0.717, 1.165) is 17.3 Å². The van der Waals surface area contributed by atoms with Gasteiger partial charge in [-0.3, -0.25) is 9.59 Å². The van der Waals surface area contributed by atoms with E-state index in [2.05, 4.69) is 9.97 Å². The lowest BCUT2D eigenvalue weighted by molar-refractivity contribution is -0.147. The second-order valence-corrected chi connectivity index (χ2v) is 4.02. The van der Waals surface area contributed by atoms with E-state index >= 15 is 0 Å². The number of hydrogen-bond acceptors (Lipinski definition) is 4. The number of carboxylic acids is 1. The highest BCUT2D eigenvalue weighted by Crippen LogP contribution is 2.14. The summed E-state index contributed by atoms with van der Waals surface area (Å²) in [5.74, 6) is -1.70. The van der Waals surface area contributed by atoms with Crippen molar-refractivity contribution in [2.45, 2.75) is 19.4 Å². The number of aromatic nitrogens is 2. The molecule has 0 aromatic carbocycles. The van der Waals surface area contributed by atoms with E-state index in [1.54, 1.807) is 0 Å². The Morgan fingerprint density at radius 3 is 2.47 bits per heavy atom. The molecule has 0 aliphatic heterocycles. The number of amides is 1.